The first-order valence-corrected chi connectivity index (χ1v) is 5.17. The minimum atomic E-state index is -1.95. The van der Waals surface area contributed by atoms with Gasteiger partial charge in [0.1, 0.15) is 0 Å². The highest BCUT2D eigenvalue weighted by Crippen LogP contribution is 2.01. The molecule has 0 heterocycles. The summed E-state index contributed by atoms with van der Waals surface area (Å²) >= 11 is 0. The van der Waals surface area contributed by atoms with Crippen LogP contribution in [-0.2, 0) is 4.79 Å². The Morgan fingerprint density at radius 2 is 1.81 bits per heavy atom. The lowest BCUT2D eigenvalue weighted by Crippen LogP contribution is -2.51. The molecule has 0 aromatic carbocycles. The van der Waals surface area contributed by atoms with Crippen LogP contribution in [0.4, 0.5) is 4.79 Å². The van der Waals surface area contributed by atoms with Crippen molar-refractivity contribution in [2.75, 3.05) is 6.54 Å². The van der Waals surface area contributed by atoms with E-state index in [-0.39, 0.29) is 18.5 Å². The normalized spacial score (nSPS) is 16.4. The molecule has 0 spiro atoms. The maximum absolute atomic E-state index is 11.3. The van der Waals surface area contributed by atoms with Gasteiger partial charge < -0.3 is 20.8 Å². The number of aliphatic hydroxyl groups is 1. The number of rotatable bonds is 5. The van der Waals surface area contributed by atoms with Crippen molar-refractivity contribution in [2.24, 2.45) is 5.92 Å². The zero-order valence-electron chi connectivity index (χ0n) is 10.1. The van der Waals surface area contributed by atoms with Crippen molar-refractivity contribution in [1.29, 1.82) is 0 Å². The second kappa shape index (κ2) is 5.69. The smallest absolute Gasteiger partial charge is 0.337 e. The van der Waals surface area contributed by atoms with Crippen LogP contribution < -0.4 is 10.6 Å². The maximum Gasteiger partial charge on any atom is 0.337 e. The van der Waals surface area contributed by atoms with Crippen molar-refractivity contribution in [3.63, 3.8) is 0 Å². The first-order valence-electron chi connectivity index (χ1n) is 5.17. The van der Waals surface area contributed by atoms with Gasteiger partial charge >= 0.3 is 12.0 Å². The number of amides is 2. The zero-order valence-corrected chi connectivity index (χ0v) is 10.1. The monoisotopic (exact) mass is 232 g/mol. The summed E-state index contributed by atoms with van der Waals surface area (Å²) in [5, 5.41) is 22.9. The van der Waals surface area contributed by atoms with Gasteiger partial charge in [-0.25, -0.2) is 9.59 Å². The Labute approximate surface area is 95.0 Å². The molecule has 0 aromatic heterocycles. The van der Waals surface area contributed by atoms with Crippen molar-refractivity contribution in [1.82, 2.24) is 10.6 Å². The number of aliphatic carboxylic acids is 1. The van der Waals surface area contributed by atoms with Crippen LogP contribution in [0.1, 0.15) is 27.7 Å². The van der Waals surface area contributed by atoms with Gasteiger partial charge in [0.25, 0.3) is 0 Å². The maximum atomic E-state index is 11.3. The third kappa shape index (κ3) is 4.97. The van der Waals surface area contributed by atoms with Gasteiger partial charge in [-0.3, -0.25) is 0 Å². The van der Waals surface area contributed by atoms with Gasteiger partial charge in [0.2, 0.25) is 0 Å². The van der Waals surface area contributed by atoms with E-state index in [9.17, 15) is 14.7 Å². The van der Waals surface area contributed by atoms with Crippen molar-refractivity contribution in [3.8, 4) is 0 Å². The fourth-order valence-corrected chi connectivity index (χ4v) is 0.752. The average Bonchev–Trinajstić information content (AvgIpc) is 2.14. The van der Waals surface area contributed by atoms with E-state index in [0.717, 1.165) is 6.92 Å². The molecule has 2 amide bonds. The van der Waals surface area contributed by atoms with Gasteiger partial charge in [0.05, 0.1) is 6.54 Å². The number of carboxylic acids is 1. The Morgan fingerprint density at radius 3 is 2.19 bits per heavy atom. The Kier molecular flexibility index (Phi) is 5.23. The van der Waals surface area contributed by atoms with Crippen molar-refractivity contribution in [3.05, 3.63) is 0 Å². The second-order valence-electron chi connectivity index (χ2n) is 4.44. The topological polar surface area (TPSA) is 98.7 Å². The Balaban J connectivity index is 4.04. The van der Waals surface area contributed by atoms with Gasteiger partial charge in [-0.2, -0.15) is 0 Å². The van der Waals surface area contributed by atoms with Gasteiger partial charge in [0.15, 0.2) is 5.60 Å². The molecule has 0 aromatic rings. The lowest BCUT2D eigenvalue weighted by atomic mass is 10.1. The van der Waals surface area contributed by atoms with Crippen LogP contribution in [0, 0.1) is 5.92 Å². The predicted octanol–water partition coefficient (Wildman–Crippen LogP) is 0.166. The molecule has 0 rings (SSSR count). The number of carboxylic acid groups (broad SMARTS) is 1. The average molecular weight is 232 g/mol. The molecule has 2 unspecified atom stereocenters. The predicted molar refractivity (Wildman–Crippen MR) is 59.1 cm³/mol. The summed E-state index contributed by atoms with van der Waals surface area (Å²) in [5.74, 6) is -1.09. The molecule has 0 fully saturated rings. The molecule has 0 bridgehead atoms. The number of carbonyl (C=O) groups is 2. The van der Waals surface area contributed by atoms with Crippen molar-refractivity contribution >= 4 is 12.0 Å². The standard InChI is InChI=1S/C10H20N2O4/c1-6(2)7(3)12-9(15)11-5-10(4,16)8(13)14/h6-7,16H,5H2,1-4H3,(H,13,14)(H2,11,12,15). The van der Waals surface area contributed by atoms with Gasteiger partial charge in [-0.05, 0) is 19.8 Å². The van der Waals surface area contributed by atoms with Gasteiger partial charge in [-0.15, -0.1) is 0 Å². The quantitative estimate of drug-likeness (QED) is 0.543. The van der Waals surface area contributed by atoms with E-state index in [1.165, 1.54) is 0 Å². The minimum Gasteiger partial charge on any atom is -0.479 e. The molecule has 0 radical (unpaired) electrons. The highest BCUT2D eigenvalue weighted by atomic mass is 16.4. The molecular formula is C10H20N2O4. The Morgan fingerprint density at radius 1 is 1.31 bits per heavy atom. The van der Waals surface area contributed by atoms with Gasteiger partial charge in [-0.1, -0.05) is 13.8 Å². The summed E-state index contributed by atoms with van der Waals surface area (Å²) < 4.78 is 0. The third-order valence-corrected chi connectivity index (χ3v) is 2.41. The molecule has 0 saturated carbocycles. The molecule has 6 nitrogen and oxygen atoms in total. The van der Waals surface area contributed by atoms with E-state index in [4.69, 9.17) is 5.11 Å². The molecule has 0 aliphatic carbocycles. The fourth-order valence-electron chi connectivity index (χ4n) is 0.752. The third-order valence-electron chi connectivity index (χ3n) is 2.41. The van der Waals surface area contributed by atoms with E-state index in [1.807, 2.05) is 20.8 Å². The molecule has 0 aliphatic rings. The van der Waals surface area contributed by atoms with E-state index in [0.29, 0.717) is 0 Å². The van der Waals surface area contributed by atoms with E-state index < -0.39 is 17.6 Å². The van der Waals surface area contributed by atoms with Crippen molar-refractivity contribution < 1.29 is 19.8 Å². The van der Waals surface area contributed by atoms with E-state index >= 15 is 0 Å². The molecule has 6 heteroatoms. The van der Waals surface area contributed by atoms with Gasteiger partial charge in [0, 0.05) is 6.04 Å². The molecule has 4 N–H and O–H groups in total. The molecule has 2 atom stereocenters. The minimum absolute atomic E-state index is 0.0187. The molecule has 0 aliphatic heterocycles. The Hall–Kier alpha value is -1.30. The highest BCUT2D eigenvalue weighted by molar-refractivity contribution is 5.79. The molecular weight excluding hydrogens is 212 g/mol. The summed E-state index contributed by atoms with van der Waals surface area (Å²) in [7, 11) is 0. The van der Waals surface area contributed by atoms with Crippen LogP contribution >= 0.6 is 0 Å². The Bertz CT molecular complexity index is 264. The van der Waals surface area contributed by atoms with E-state index in [1.54, 1.807) is 0 Å². The van der Waals surface area contributed by atoms with Crippen molar-refractivity contribution in [2.45, 2.75) is 39.3 Å². The van der Waals surface area contributed by atoms with Crippen LogP contribution in [-0.4, -0.2) is 40.4 Å². The lowest BCUT2D eigenvalue weighted by Gasteiger charge is -2.21. The summed E-state index contributed by atoms with van der Waals surface area (Å²) in [5.41, 5.74) is -1.95. The zero-order chi connectivity index (χ0) is 12.9. The summed E-state index contributed by atoms with van der Waals surface area (Å²) in [6.07, 6.45) is 0. The second-order valence-corrected chi connectivity index (χ2v) is 4.44. The van der Waals surface area contributed by atoms with Crippen LogP contribution in [0.25, 0.3) is 0 Å². The number of hydrogen-bond donors (Lipinski definition) is 4. The SMILES string of the molecule is CC(C)C(C)NC(=O)NCC(C)(O)C(=O)O. The van der Waals surface area contributed by atoms with E-state index in [2.05, 4.69) is 10.6 Å². The molecule has 0 saturated heterocycles. The summed E-state index contributed by atoms with van der Waals surface area (Å²) in [6, 6.07) is -0.502. The lowest BCUT2D eigenvalue weighted by molar-refractivity contribution is -0.155. The number of urea groups is 1. The first-order chi connectivity index (χ1) is 7.16. The summed E-state index contributed by atoms with van der Waals surface area (Å²) in [6.45, 7) is 6.55. The van der Waals surface area contributed by atoms with Crippen LogP contribution in [0.3, 0.4) is 0 Å². The molecule has 16 heavy (non-hydrogen) atoms. The van der Waals surface area contributed by atoms with Crippen LogP contribution in [0.5, 0.6) is 0 Å². The fraction of sp³-hybridized carbons (Fsp3) is 0.800. The van der Waals surface area contributed by atoms with Crippen LogP contribution in [0.2, 0.25) is 0 Å². The largest absolute Gasteiger partial charge is 0.479 e. The first kappa shape index (κ1) is 14.7. The number of carbonyl (C=O) groups excluding carboxylic acids is 1. The number of nitrogens with one attached hydrogen (secondary N) is 2. The highest BCUT2D eigenvalue weighted by Gasteiger charge is 2.30. The number of hydrogen-bond acceptors (Lipinski definition) is 3. The van der Waals surface area contributed by atoms with Crippen LogP contribution in [0.15, 0.2) is 0 Å². The molecule has 94 valence electrons. The summed E-state index contributed by atoms with van der Waals surface area (Å²) in [4.78, 5) is 21.8.